The Kier molecular flexibility index (Phi) is 5.88. The summed E-state index contributed by atoms with van der Waals surface area (Å²) >= 11 is 0. The number of methoxy groups -OCH3 is 1. The average Bonchev–Trinajstić information content (AvgIpc) is 2.55. The highest BCUT2D eigenvalue weighted by molar-refractivity contribution is 7.89. The maximum absolute atomic E-state index is 12.3. The first-order chi connectivity index (χ1) is 10.9. The van der Waals surface area contributed by atoms with Gasteiger partial charge in [0, 0.05) is 45.3 Å². The van der Waals surface area contributed by atoms with Crippen molar-refractivity contribution in [2.45, 2.75) is 4.90 Å². The van der Waals surface area contributed by atoms with E-state index >= 15 is 0 Å². The molecule has 23 heavy (non-hydrogen) atoms. The van der Waals surface area contributed by atoms with Crippen LogP contribution in [0.5, 0.6) is 5.75 Å². The van der Waals surface area contributed by atoms with Gasteiger partial charge in [-0.15, -0.1) is 0 Å². The van der Waals surface area contributed by atoms with Crippen LogP contribution in [-0.2, 0) is 10.0 Å². The number of hydrogen-bond donors (Lipinski definition) is 2. The van der Waals surface area contributed by atoms with E-state index in [1.165, 1.54) is 13.2 Å². The first-order valence-electron chi connectivity index (χ1n) is 7.19. The van der Waals surface area contributed by atoms with Gasteiger partial charge in [-0.3, -0.25) is 15.0 Å². The molecule has 0 amide bonds. The number of hydrogen-bond acceptors (Lipinski definition) is 7. The molecule has 1 aliphatic rings. The van der Waals surface area contributed by atoms with Crippen LogP contribution in [0.25, 0.3) is 0 Å². The minimum absolute atomic E-state index is 0.0473. The van der Waals surface area contributed by atoms with Crippen LogP contribution in [0.15, 0.2) is 23.1 Å². The van der Waals surface area contributed by atoms with Crippen molar-refractivity contribution in [1.82, 2.24) is 14.9 Å². The fourth-order valence-electron chi connectivity index (χ4n) is 2.34. The van der Waals surface area contributed by atoms with Gasteiger partial charge in [-0.25, -0.2) is 13.1 Å². The lowest BCUT2D eigenvalue weighted by atomic mass is 10.3. The predicted octanol–water partition coefficient (Wildman–Crippen LogP) is -0.213. The number of non-ortho nitro benzene ring substituents is 1. The molecule has 0 aliphatic carbocycles. The molecule has 10 heteroatoms. The fraction of sp³-hybridized carbons (Fsp3) is 0.538. The van der Waals surface area contributed by atoms with E-state index in [1.807, 2.05) is 0 Å². The SMILES string of the molecule is COc1cc([N+](=O)[O-])ccc1S(=O)(=O)NCCN1CCNCC1. The molecule has 1 aromatic rings. The molecule has 0 bridgehead atoms. The van der Waals surface area contributed by atoms with Crippen molar-refractivity contribution >= 4 is 15.7 Å². The van der Waals surface area contributed by atoms with E-state index in [-0.39, 0.29) is 22.9 Å². The van der Waals surface area contributed by atoms with Crippen LogP contribution in [0.2, 0.25) is 0 Å². The summed E-state index contributed by atoms with van der Waals surface area (Å²) in [5.74, 6) is -0.0473. The monoisotopic (exact) mass is 344 g/mol. The first kappa shape index (κ1) is 17.6. The molecule has 1 fully saturated rings. The van der Waals surface area contributed by atoms with Crippen LogP contribution in [0, 0.1) is 10.1 Å². The number of benzene rings is 1. The van der Waals surface area contributed by atoms with Gasteiger partial charge in [0.1, 0.15) is 10.6 Å². The maximum Gasteiger partial charge on any atom is 0.273 e. The van der Waals surface area contributed by atoms with Crippen LogP contribution >= 0.6 is 0 Å². The van der Waals surface area contributed by atoms with E-state index in [2.05, 4.69) is 14.9 Å². The zero-order valence-electron chi connectivity index (χ0n) is 12.8. The number of nitrogens with zero attached hydrogens (tertiary/aromatic N) is 2. The van der Waals surface area contributed by atoms with Gasteiger partial charge in [0.05, 0.1) is 18.1 Å². The molecule has 0 saturated carbocycles. The standard InChI is InChI=1S/C13H20N4O5S/c1-22-12-10-11(17(18)19)2-3-13(12)23(20,21)15-6-9-16-7-4-14-5-8-16/h2-3,10,14-15H,4-9H2,1H3. The summed E-state index contributed by atoms with van der Waals surface area (Å²) in [6.07, 6.45) is 0. The molecule has 1 aliphatic heterocycles. The first-order valence-corrected chi connectivity index (χ1v) is 8.67. The Labute approximate surface area is 134 Å². The van der Waals surface area contributed by atoms with Crippen molar-refractivity contribution in [2.75, 3.05) is 46.4 Å². The molecule has 2 rings (SSSR count). The fourth-order valence-corrected chi connectivity index (χ4v) is 3.51. The van der Waals surface area contributed by atoms with Crippen molar-refractivity contribution in [3.8, 4) is 5.75 Å². The van der Waals surface area contributed by atoms with Gasteiger partial charge in [-0.05, 0) is 6.07 Å². The van der Waals surface area contributed by atoms with Gasteiger partial charge < -0.3 is 10.1 Å². The summed E-state index contributed by atoms with van der Waals surface area (Å²) in [6.45, 7) is 4.41. The topological polar surface area (TPSA) is 114 Å². The quantitative estimate of drug-likeness (QED) is 0.519. The average molecular weight is 344 g/mol. The molecular weight excluding hydrogens is 324 g/mol. The van der Waals surface area contributed by atoms with Crippen molar-refractivity contribution in [1.29, 1.82) is 0 Å². The van der Waals surface area contributed by atoms with Crippen LogP contribution < -0.4 is 14.8 Å². The molecule has 0 atom stereocenters. The normalized spacial score (nSPS) is 16.2. The molecule has 1 saturated heterocycles. The van der Waals surface area contributed by atoms with E-state index in [9.17, 15) is 18.5 Å². The number of rotatable bonds is 7. The van der Waals surface area contributed by atoms with Crippen LogP contribution in [0.3, 0.4) is 0 Å². The third-order valence-corrected chi connectivity index (χ3v) is 5.08. The lowest BCUT2D eigenvalue weighted by molar-refractivity contribution is -0.385. The Hall–Kier alpha value is -1.75. The van der Waals surface area contributed by atoms with Gasteiger partial charge in [0.25, 0.3) is 5.69 Å². The highest BCUT2D eigenvalue weighted by atomic mass is 32.2. The van der Waals surface area contributed by atoms with E-state index in [0.717, 1.165) is 38.3 Å². The second kappa shape index (κ2) is 7.68. The Morgan fingerprint density at radius 3 is 2.70 bits per heavy atom. The van der Waals surface area contributed by atoms with Gasteiger partial charge in [-0.1, -0.05) is 0 Å². The highest BCUT2D eigenvalue weighted by Crippen LogP contribution is 2.28. The summed E-state index contributed by atoms with van der Waals surface area (Å²) in [6, 6.07) is 3.43. The summed E-state index contributed by atoms with van der Waals surface area (Å²) in [5, 5.41) is 14.0. The number of ether oxygens (including phenoxy) is 1. The third kappa shape index (κ3) is 4.61. The Morgan fingerprint density at radius 2 is 2.09 bits per heavy atom. The molecule has 0 radical (unpaired) electrons. The molecule has 0 aromatic heterocycles. The zero-order chi connectivity index (χ0) is 16.9. The Morgan fingerprint density at radius 1 is 1.39 bits per heavy atom. The smallest absolute Gasteiger partial charge is 0.273 e. The zero-order valence-corrected chi connectivity index (χ0v) is 13.6. The largest absolute Gasteiger partial charge is 0.495 e. The number of nitro benzene ring substituents is 1. The molecule has 2 N–H and O–H groups in total. The lowest BCUT2D eigenvalue weighted by Crippen LogP contribution is -2.46. The second-order valence-corrected chi connectivity index (χ2v) is 6.82. The molecule has 1 heterocycles. The highest BCUT2D eigenvalue weighted by Gasteiger charge is 2.22. The van der Waals surface area contributed by atoms with Crippen molar-refractivity contribution < 1.29 is 18.1 Å². The van der Waals surface area contributed by atoms with Crippen LogP contribution in [0.4, 0.5) is 5.69 Å². The van der Waals surface area contributed by atoms with E-state index < -0.39 is 14.9 Å². The molecule has 9 nitrogen and oxygen atoms in total. The Bertz CT molecular complexity index is 658. The third-order valence-electron chi connectivity index (χ3n) is 3.58. The molecule has 128 valence electrons. The number of nitrogens with one attached hydrogen (secondary N) is 2. The minimum atomic E-state index is -3.79. The second-order valence-electron chi connectivity index (χ2n) is 5.08. The van der Waals surface area contributed by atoms with Crippen molar-refractivity contribution in [3.05, 3.63) is 28.3 Å². The van der Waals surface area contributed by atoms with Gasteiger partial charge in [-0.2, -0.15) is 0 Å². The van der Waals surface area contributed by atoms with Gasteiger partial charge in [0.15, 0.2) is 0 Å². The number of piperazine rings is 1. The van der Waals surface area contributed by atoms with Gasteiger partial charge in [0.2, 0.25) is 10.0 Å². The van der Waals surface area contributed by atoms with Crippen LogP contribution in [0.1, 0.15) is 0 Å². The van der Waals surface area contributed by atoms with E-state index in [0.29, 0.717) is 6.54 Å². The molecule has 0 spiro atoms. The summed E-state index contributed by atoms with van der Waals surface area (Å²) < 4.78 is 32.2. The molecule has 1 aromatic carbocycles. The number of nitro groups is 1. The molecular formula is C13H20N4O5S. The van der Waals surface area contributed by atoms with E-state index in [4.69, 9.17) is 4.74 Å². The summed E-state index contributed by atoms with van der Waals surface area (Å²) in [4.78, 5) is 12.2. The predicted molar refractivity (Wildman–Crippen MR) is 84.1 cm³/mol. The minimum Gasteiger partial charge on any atom is -0.495 e. The summed E-state index contributed by atoms with van der Waals surface area (Å²) in [7, 11) is -2.51. The van der Waals surface area contributed by atoms with Crippen LogP contribution in [-0.4, -0.2) is 64.6 Å². The van der Waals surface area contributed by atoms with Crippen molar-refractivity contribution in [2.24, 2.45) is 0 Å². The lowest BCUT2D eigenvalue weighted by Gasteiger charge is -2.27. The maximum atomic E-state index is 12.3. The van der Waals surface area contributed by atoms with Crippen molar-refractivity contribution in [3.63, 3.8) is 0 Å². The van der Waals surface area contributed by atoms with Gasteiger partial charge >= 0.3 is 0 Å². The summed E-state index contributed by atoms with van der Waals surface area (Å²) in [5.41, 5.74) is -0.221. The van der Waals surface area contributed by atoms with E-state index in [1.54, 1.807) is 0 Å². The Balaban J connectivity index is 2.04. The number of sulfonamides is 1. The molecule has 0 unspecified atom stereocenters.